The summed E-state index contributed by atoms with van der Waals surface area (Å²) in [6.45, 7) is 2.61. The molecule has 0 fully saturated rings. The van der Waals surface area contributed by atoms with E-state index in [2.05, 4.69) is 6.72 Å². The molecule has 1 aliphatic rings. The van der Waals surface area contributed by atoms with E-state index in [0.717, 1.165) is 0 Å². The normalized spacial score (nSPS) is 14.7. The number of allylic oxidation sites excluding steroid dienone is 3. The summed E-state index contributed by atoms with van der Waals surface area (Å²) in [6, 6.07) is 0. The first-order valence-corrected chi connectivity index (χ1v) is 5.66. The first kappa shape index (κ1) is 17.2. The minimum absolute atomic E-state index is 0.0410. The number of carbonyl (C=O) groups excluding carboxylic acids is 1. The maximum Gasteiger partial charge on any atom is 0.406 e. The third-order valence-corrected chi connectivity index (χ3v) is 2.35. The van der Waals surface area contributed by atoms with Crippen LogP contribution in [0.5, 0.6) is 0 Å². The first-order valence-electron chi connectivity index (χ1n) is 5.66. The lowest BCUT2D eigenvalue weighted by Gasteiger charge is -2.26. The van der Waals surface area contributed by atoms with Crippen LogP contribution in [0.3, 0.4) is 0 Å². The van der Waals surface area contributed by atoms with Crippen LogP contribution in [0.15, 0.2) is 23.6 Å². The molecular weight excluding hydrogens is 261 g/mol. The highest BCUT2D eigenvalue weighted by molar-refractivity contribution is 5.78. The number of halogens is 3. The number of nitrogens with zero attached hydrogens (tertiary/aromatic N) is 1. The zero-order chi connectivity index (χ0) is 15.1. The quantitative estimate of drug-likeness (QED) is 0.779. The van der Waals surface area contributed by atoms with E-state index in [9.17, 15) is 23.1 Å². The predicted octanol–water partition coefficient (Wildman–Crippen LogP) is 3.17. The van der Waals surface area contributed by atoms with Gasteiger partial charge in [-0.1, -0.05) is 13.0 Å². The van der Waals surface area contributed by atoms with Crippen LogP contribution in [0.25, 0.3) is 0 Å². The van der Waals surface area contributed by atoms with Crippen molar-refractivity contribution in [2.45, 2.75) is 32.4 Å². The molecule has 0 radical (unpaired) electrons. The van der Waals surface area contributed by atoms with Gasteiger partial charge in [-0.05, 0) is 19.2 Å². The van der Waals surface area contributed by atoms with Crippen molar-refractivity contribution in [3.63, 3.8) is 0 Å². The molecule has 0 bridgehead atoms. The molecule has 108 valence electrons. The van der Waals surface area contributed by atoms with Gasteiger partial charge in [-0.25, -0.2) is 0 Å². The maximum absolute atomic E-state index is 12.4. The molecule has 1 aliphatic carbocycles. The van der Waals surface area contributed by atoms with Gasteiger partial charge in [0.25, 0.3) is 0 Å². The monoisotopic (exact) mass is 278 g/mol. The Balaban J connectivity index is 0.00000154. The predicted molar refractivity (Wildman–Crippen MR) is 65.9 cm³/mol. The smallest absolute Gasteiger partial charge is 0.406 e. The Morgan fingerprint density at radius 2 is 2.11 bits per heavy atom. The molecule has 19 heavy (non-hydrogen) atoms. The van der Waals surface area contributed by atoms with E-state index in [1.807, 2.05) is 0 Å². The summed E-state index contributed by atoms with van der Waals surface area (Å²) in [4.78, 5) is 12.1. The van der Waals surface area contributed by atoms with Crippen LogP contribution in [0.1, 0.15) is 26.2 Å². The van der Waals surface area contributed by atoms with Gasteiger partial charge in [0.1, 0.15) is 12.3 Å². The molecule has 0 atom stereocenters. The number of rotatable bonds is 3. The van der Waals surface area contributed by atoms with Gasteiger partial charge in [0.05, 0.1) is 5.70 Å². The Bertz CT molecular complexity index is 376. The Labute approximate surface area is 109 Å². The molecule has 2 N–H and O–H groups in total. The molecule has 0 aliphatic heterocycles. The van der Waals surface area contributed by atoms with Crippen molar-refractivity contribution in [2.75, 3.05) is 6.54 Å². The van der Waals surface area contributed by atoms with Crippen LogP contribution in [-0.2, 0) is 4.79 Å². The zero-order valence-electron chi connectivity index (χ0n) is 10.6. The minimum atomic E-state index is -4.48. The second-order valence-corrected chi connectivity index (χ2v) is 3.72. The van der Waals surface area contributed by atoms with Gasteiger partial charge >= 0.3 is 6.18 Å². The number of alkyl halides is 3. The SMILES string of the molecule is C=N.CCC(=O)N(CC(F)(F)F)C1=C(O)CCC=C1. The van der Waals surface area contributed by atoms with Gasteiger partial charge in [-0.3, -0.25) is 4.79 Å². The van der Waals surface area contributed by atoms with Gasteiger partial charge < -0.3 is 15.4 Å². The fraction of sp³-hybridized carbons (Fsp3) is 0.500. The lowest BCUT2D eigenvalue weighted by Crippen LogP contribution is -2.38. The van der Waals surface area contributed by atoms with E-state index in [-0.39, 0.29) is 24.3 Å². The second-order valence-electron chi connectivity index (χ2n) is 3.72. The average molecular weight is 278 g/mol. The second kappa shape index (κ2) is 7.60. The van der Waals surface area contributed by atoms with Gasteiger partial charge in [-0.2, -0.15) is 13.2 Å². The molecular formula is C12H17F3N2O2. The number of nitrogens with one attached hydrogen (secondary N) is 1. The van der Waals surface area contributed by atoms with Crippen LogP contribution in [0, 0.1) is 5.41 Å². The standard InChI is InChI=1S/C11H14F3NO2.CH3N/c1-2-10(17)15(7-11(12,13)14)8-5-3-4-6-9(8)16;1-2/h3,5,16H,2,4,6-7H2,1H3;2H,1H2. The molecule has 7 heteroatoms. The maximum atomic E-state index is 12.4. The van der Waals surface area contributed by atoms with E-state index in [4.69, 9.17) is 5.41 Å². The summed E-state index contributed by atoms with van der Waals surface area (Å²) >= 11 is 0. The zero-order valence-corrected chi connectivity index (χ0v) is 10.6. The number of amides is 1. The fourth-order valence-electron chi connectivity index (χ4n) is 1.56. The minimum Gasteiger partial charge on any atom is -0.510 e. The van der Waals surface area contributed by atoms with E-state index in [1.165, 1.54) is 13.0 Å². The van der Waals surface area contributed by atoms with E-state index < -0.39 is 18.6 Å². The van der Waals surface area contributed by atoms with Crippen LogP contribution < -0.4 is 0 Å². The molecule has 1 rings (SSSR count). The van der Waals surface area contributed by atoms with Crippen molar-refractivity contribution in [3.8, 4) is 0 Å². The Morgan fingerprint density at radius 3 is 2.53 bits per heavy atom. The van der Waals surface area contributed by atoms with Crippen molar-refractivity contribution < 1.29 is 23.1 Å². The van der Waals surface area contributed by atoms with Crippen LogP contribution >= 0.6 is 0 Å². The highest BCUT2D eigenvalue weighted by Gasteiger charge is 2.34. The summed E-state index contributed by atoms with van der Waals surface area (Å²) in [7, 11) is 0. The molecule has 0 saturated carbocycles. The lowest BCUT2D eigenvalue weighted by atomic mass is 10.1. The van der Waals surface area contributed by atoms with Gasteiger partial charge in [-0.15, -0.1) is 0 Å². The van der Waals surface area contributed by atoms with Crippen molar-refractivity contribution >= 4 is 12.6 Å². The average Bonchev–Trinajstić information content (AvgIpc) is 2.37. The van der Waals surface area contributed by atoms with Crippen molar-refractivity contribution in [1.29, 1.82) is 5.41 Å². The van der Waals surface area contributed by atoms with E-state index in [0.29, 0.717) is 11.3 Å². The molecule has 0 aromatic rings. The highest BCUT2D eigenvalue weighted by Crippen LogP contribution is 2.25. The third-order valence-electron chi connectivity index (χ3n) is 2.35. The number of hydrogen-bond donors (Lipinski definition) is 2. The molecule has 0 aromatic heterocycles. The summed E-state index contributed by atoms with van der Waals surface area (Å²) in [5.74, 6) is -0.825. The molecule has 0 saturated heterocycles. The van der Waals surface area contributed by atoms with Gasteiger partial charge in [0, 0.05) is 12.8 Å². The van der Waals surface area contributed by atoms with Crippen molar-refractivity contribution in [1.82, 2.24) is 4.90 Å². The van der Waals surface area contributed by atoms with Crippen LogP contribution in [0.2, 0.25) is 0 Å². The topological polar surface area (TPSA) is 64.4 Å². The van der Waals surface area contributed by atoms with E-state index in [1.54, 1.807) is 6.08 Å². The first-order chi connectivity index (χ1) is 8.85. The number of carbonyl (C=O) groups is 1. The van der Waals surface area contributed by atoms with E-state index >= 15 is 0 Å². The summed E-state index contributed by atoms with van der Waals surface area (Å²) < 4.78 is 37.1. The van der Waals surface area contributed by atoms with Gasteiger partial charge in [0.2, 0.25) is 5.91 Å². The molecule has 0 spiro atoms. The van der Waals surface area contributed by atoms with Gasteiger partial charge in [0.15, 0.2) is 0 Å². The summed E-state index contributed by atoms with van der Waals surface area (Å²) in [6.07, 6.45) is -0.698. The number of hydrogen-bond acceptors (Lipinski definition) is 3. The highest BCUT2D eigenvalue weighted by atomic mass is 19.4. The Kier molecular flexibility index (Phi) is 6.89. The molecule has 4 nitrogen and oxygen atoms in total. The molecule has 0 heterocycles. The Hall–Kier alpha value is -1.79. The van der Waals surface area contributed by atoms with Crippen molar-refractivity contribution in [2.24, 2.45) is 0 Å². The summed E-state index contributed by atoms with van der Waals surface area (Å²) in [5, 5.41) is 15.0. The van der Waals surface area contributed by atoms with Crippen molar-refractivity contribution in [3.05, 3.63) is 23.6 Å². The fourth-order valence-corrected chi connectivity index (χ4v) is 1.56. The third kappa shape index (κ3) is 5.58. The Morgan fingerprint density at radius 1 is 1.53 bits per heavy atom. The largest absolute Gasteiger partial charge is 0.510 e. The van der Waals surface area contributed by atoms with Crippen LogP contribution in [0.4, 0.5) is 13.2 Å². The number of aliphatic hydroxyl groups excluding tert-OH is 1. The van der Waals surface area contributed by atoms with Crippen LogP contribution in [-0.4, -0.2) is 35.4 Å². The lowest BCUT2D eigenvalue weighted by molar-refractivity contribution is -0.156. The molecule has 1 amide bonds. The molecule has 0 unspecified atom stereocenters. The number of aliphatic hydroxyl groups is 1. The summed E-state index contributed by atoms with van der Waals surface area (Å²) in [5.41, 5.74) is -0.0413. The molecule has 0 aromatic carbocycles.